The van der Waals surface area contributed by atoms with Crippen LogP contribution in [0, 0.1) is 29.1 Å². The minimum Gasteiger partial charge on any atom is -0.463 e. The van der Waals surface area contributed by atoms with E-state index in [1.54, 1.807) is 19.3 Å². The van der Waals surface area contributed by atoms with Gasteiger partial charge in [0.2, 0.25) is 5.91 Å². The summed E-state index contributed by atoms with van der Waals surface area (Å²) in [6.45, 7) is 3.82. The molecule has 4 bridgehead atoms. The lowest BCUT2D eigenvalue weighted by atomic mass is 9.53. The van der Waals surface area contributed by atoms with Crippen LogP contribution in [0.5, 0.6) is 0 Å². The van der Waals surface area contributed by atoms with Gasteiger partial charge in [-0.1, -0.05) is 11.8 Å². The number of nitriles is 1. The number of esters is 1. The van der Waals surface area contributed by atoms with Gasteiger partial charge in [-0.05, 0) is 87.8 Å². The van der Waals surface area contributed by atoms with Gasteiger partial charge in [0.05, 0.1) is 40.5 Å². The van der Waals surface area contributed by atoms with Gasteiger partial charge >= 0.3 is 5.97 Å². The largest absolute Gasteiger partial charge is 0.463 e. The Kier molecular flexibility index (Phi) is 6.63. The molecule has 0 saturated heterocycles. The fourth-order valence-electron chi connectivity index (χ4n) is 7.13. The van der Waals surface area contributed by atoms with Gasteiger partial charge in [0.1, 0.15) is 0 Å². The SMILES string of the molecule is CCOC(=O)C1=C(C)NC(SCC(=O)NC23CC4CC(CC(C4)C2)C3)=C(C#N)C1c1ccncc1. The topological polar surface area (TPSA) is 104 Å². The number of aromatic nitrogens is 1. The molecule has 1 aromatic rings. The number of nitrogens with zero attached hydrogens (tertiary/aromatic N) is 2. The Bertz CT molecular complexity index is 1090. The lowest BCUT2D eigenvalue weighted by molar-refractivity contribution is -0.138. The number of hydrogen-bond donors (Lipinski definition) is 2. The molecular formula is C27H32N4O3S. The van der Waals surface area contributed by atoms with Crippen molar-refractivity contribution in [2.75, 3.05) is 12.4 Å². The molecule has 35 heavy (non-hydrogen) atoms. The first kappa shape index (κ1) is 23.9. The molecule has 0 spiro atoms. The predicted octanol–water partition coefficient (Wildman–Crippen LogP) is 4.16. The molecule has 7 nitrogen and oxygen atoms in total. The van der Waals surface area contributed by atoms with Gasteiger partial charge in [0.15, 0.2) is 0 Å². The summed E-state index contributed by atoms with van der Waals surface area (Å²) in [5, 5.41) is 17.4. The number of nitrogens with one attached hydrogen (secondary N) is 2. The highest BCUT2D eigenvalue weighted by Gasteiger charge is 2.51. The van der Waals surface area contributed by atoms with Gasteiger partial charge in [-0.3, -0.25) is 9.78 Å². The van der Waals surface area contributed by atoms with Crippen molar-refractivity contribution in [3.8, 4) is 6.07 Å². The summed E-state index contributed by atoms with van der Waals surface area (Å²) in [5.41, 5.74) is 2.21. The maximum Gasteiger partial charge on any atom is 0.336 e. The lowest BCUT2D eigenvalue weighted by Crippen LogP contribution is -2.60. The van der Waals surface area contributed by atoms with E-state index in [9.17, 15) is 14.9 Å². The minimum atomic E-state index is -0.572. The molecule has 5 aliphatic rings. The van der Waals surface area contributed by atoms with E-state index in [2.05, 4.69) is 21.7 Å². The zero-order valence-corrected chi connectivity index (χ0v) is 21.1. The van der Waals surface area contributed by atoms with Crippen molar-refractivity contribution in [1.29, 1.82) is 5.26 Å². The standard InChI is InChI=1S/C27H32N4O3S/c1-3-34-26(33)23-16(2)30-25(21(14-28)24(23)20-4-6-29-7-5-20)35-15-22(32)31-27-11-17-8-18(12-27)10-19(9-17)13-27/h4-7,17-19,24,30H,3,8-13,15H2,1-2H3,(H,31,32). The molecule has 4 aliphatic carbocycles. The Morgan fingerprint density at radius 1 is 1.20 bits per heavy atom. The van der Waals surface area contributed by atoms with Crippen LogP contribution in [0.4, 0.5) is 0 Å². The summed E-state index contributed by atoms with van der Waals surface area (Å²) in [5.74, 6) is 1.50. The van der Waals surface area contributed by atoms with Crippen LogP contribution in [0.2, 0.25) is 0 Å². The van der Waals surface area contributed by atoms with E-state index in [1.165, 1.54) is 31.0 Å². The molecule has 4 fully saturated rings. The lowest BCUT2D eigenvalue weighted by Gasteiger charge is -2.56. The first-order valence-corrected chi connectivity index (χ1v) is 13.5. The number of pyridine rings is 1. The van der Waals surface area contributed by atoms with Crippen LogP contribution in [-0.2, 0) is 14.3 Å². The van der Waals surface area contributed by atoms with Crippen LogP contribution >= 0.6 is 11.8 Å². The normalized spacial score (nSPS) is 31.1. The van der Waals surface area contributed by atoms with Crippen LogP contribution < -0.4 is 10.6 Å². The highest BCUT2D eigenvalue weighted by Crippen LogP contribution is 2.55. The summed E-state index contributed by atoms with van der Waals surface area (Å²) in [4.78, 5) is 30.0. The zero-order chi connectivity index (χ0) is 24.6. The van der Waals surface area contributed by atoms with E-state index in [-0.39, 0.29) is 23.8 Å². The Morgan fingerprint density at radius 2 is 1.83 bits per heavy atom. The molecule has 1 aliphatic heterocycles. The van der Waals surface area contributed by atoms with Crippen molar-refractivity contribution in [3.05, 3.63) is 52.0 Å². The molecule has 6 rings (SSSR count). The summed E-state index contributed by atoms with van der Waals surface area (Å²) in [7, 11) is 0. The van der Waals surface area contributed by atoms with Crippen LogP contribution in [0.25, 0.3) is 0 Å². The van der Waals surface area contributed by atoms with Crippen molar-refractivity contribution >= 4 is 23.6 Å². The third kappa shape index (κ3) is 4.71. The van der Waals surface area contributed by atoms with Crippen LogP contribution in [-0.4, -0.2) is 34.8 Å². The second-order valence-electron chi connectivity index (χ2n) is 10.5. The molecular weight excluding hydrogens is 460 g/mol. The fourth-order valence-corrected chi connectivity index (χ4v) is 8.02. The number of carbonyl (C=O) groups is 2. The summed E-state index contributed by atoms with van der Waals surface area (Å²) < 4.78 is 5.31. The quantitative estimate of drug-likeness (QED) is 0.551. The minimum absolute atomic E-state index is 0.0156. The zero-order valence-electron chi connectivity index (χ0n) is 20.3. The number of hydrogen-bond acceptors (Lipinski definition) is 7. The van der Waals surface area contributed by atoms with E-state index < -0.39 is 11.9 Å². The monoisotopic (exact) mass is 492 g/mol. The van der Waals surface area contributed by atoms with Crippen molar-refractivity contribution in [2.45, 2.75) is 63.8 Å². The van der Waals surface area contributed by atoms with Crippen molar-refractivity contribution in [1.82, 2.24) is 15.6 Å². The number of ether oxygens (including phenoxy) is 1. The first-order valence-electron chi connectivity index (χ1n) is 12.5. The summed E-state index contributed by atoms with van der Waals surface area (Å²) >= 11 is 1.33. The van der Waals surface area contributed by atoms with Crippen molar-refractivity contribution in [2.24, 2.45) is 17.8 Å². The molecule has 2 heterocycles. The second kappa shape index (κ2) is 9.69. The smallest absolute Gasteiger partial charge is 0.336 e. The van der Waals surface area contributed by atoms with Gasteiger partial charge in [-0.2, -0.15) is 5.26 Å². The molecule has 184 valence electrons. The average Bonchev–Trinajstić information content (AvgIpc) is 2.81. The van der Waals surface area contributed by atoms with Gasteiger partial charge in [0, 0.05) is 23.6 Å². The third-order valence-electron chi connectivity index (χ3n) is 7.97. The molecule has 2 N–H and O–H groups in total. The van der Waals surface area contributed by atoms with Gasteiger partial charge in [-0.15, -0.1) is 0 Å². The first-order chi connectivity index (χ1) is 16.9. The molecule has 1 aromatic heterocycles. The maximum atomic E-state index is 13.1. The molecule has 4 saturated carbocycles. The highest BCUT2D eigenvalue weighted by atomic mass is 32.2. The van der Waals surface area contributed by atoms with Crippen LogP contribution in [0.1, 0.15) is 63.9 Å². The van der Waals surface area contributed by atoms with Gasteiger partial charge in [-0.25, -0.2) is 4.79 Å². The predicted molar refractivity (Wildman–Crippen MR) is 134 cm³/mol. The van der Waals surface area contributed by atoms with Crippen molar-refractivity contribution in [3.63, 3.8) is 0 Å². The van der Waals surface area contributed by atoms with E-state index >= 15 is 0 Å². The number of amides is 1. The second-order valence-corrected chi connectivity index (χ2v) is 11.5. The molecule has 0 radical (unpaired) electrons. The molecule has 1 amide bonds. The van der Waals surface area contributed by atoms with Crippen molar-refractivity contribution < 1.29 is 14.3 Å². The molecule has 8 heteroatoms. The Morgan fingerprint density at radius 3 is 2.40 bits per heavy atom. The van der Waals surface area contributed by atoms with Crippen LogP contribution in [0.15, 0.2) is 46.4 Å². The number of rotatable bonds is 7. The van der Waals surface area contributed by atoms with E-state index in [0.29, 0.717) is 21.9 Å². The van der Waals surface area contributed by atoms with E-state index in [1.807, 2.05) is 19.1 Å². The number of thioether (sulfide) groups is 1. The van der Waals surface area contributed by atoms with Gasteiger partial charge in [0.25, 0.3) is 0 Å². The Hall–Kier alpha value is -2.79. The molecule has 0 aromatic carbocycles. The number of dihydropyridines is 1. The average molecular weight is 493 g/mol. The third-order valence-corrected chi connectivity index (χ3v) is 8.99. The maximum absolute atomic E-state index is 13.1. The molecule has 1 atom stereocenters. The highest BCUT2D eigenvalue weighted by molar-refractivity contribution is 8.03. The van der Waals surface area contributed by atoms with E-state index in [4.69, 9.17) is 4.74 Å². The van der Waals surface area contributed by atoms with E-state index in [0.717, 1.165) is 42.6 Å². The summed E-state index contributed by atoms with van der Waals surface area (Å²) in [6.07, 6.45) is 10.6. The Labute approximate surface area is 210 Å². The van der Waals surface area contributed by atoms with Crippen LogP contribution in [0.3, 0.4) is 0 Å². The number of allylic oxidation sites excluding steroid dienone is 2. The summed E-state index contributed by atoms with van der Waals surface area (Å²) in [6, 6.07) is 5.92. The molecule has 1 unspecified atom stereocenters. The fraction of sp³-hybridized carbons (Fsp3) is 0.556. The van der Waals surface area contributed by atoms with Gasteiger partial charge < -0.3 is 15.4 Å². The Balaban J connectivity index is 1.35. The number of carbonyl (C=O) groups excluding carboxylic acids is 2.